The molecule has 0 bridgehead atoms. The molecule has 0 radical (unpaired) electrons. The minimum Gasteiger partial charge on any atom is -0.492 e. The van der Waals surface area contributed by atoms with Crippen LogP contribution in [0.15, 0.2) is 30.3 Å². The molecule has 0 spiro atoms. The number of benzene rings is 1. The molecule has 4 heteroatoms. The van der Waals surface area contributed by atoms with Crippen LogP contribution in [-0.4, -0.2) is 44.1 Å². The number of para-hydroxylation sites is 1. The van der Waals surface area contributed by atoms with Crippen LogP contribution in [0.1, 0.15) is 6.92 Å². The number of likely N-dealkylation sites (N-methyl/N-ethyl adjacent to an activating group) is 2. The second kappa shape index (κ2) is 7.68. The molecule has 94 valence electrons. The molecule has 17 heavy (non-hydrogen) atoms. The van der Waals surface area contributed by atoms with Crippen molar-refractivity contribution in [1.29, 1.82) is 0 Å². The molecule has 1 amide bonds. The maximum atomic E-state index is 11.3. The summed E-state index contributed by atoms with van der Waals surface area (Å²) in [5.41, 5.74) is 0. The van der Waals surface area contributed by atoms with Crippen LogP contribution < -0.4 is 10.1 Å². The van der Waals surface area contributed by atoms with Gasteiger partial charge in [0.15, 0.2) is 0 Å². The number of carbonyl (C=O) groups is 1. The summed E-state index contributed by atoms with van der Waals surface area (Å²) < 4.78 is 5.54. The van der Waals surface area contributed by atoms with Crippen molar-refractivity contribution in [1.82, 2.24) is 10.2 Å². The van der Waals surface area contributed by atoms with Crippen LogP contribution in [0.4, 0.5) is 0 Å². The standard InChI is InChI=1S/C13H20N2O2/c1-3-14-13(16)11-15(2)9-10-17-12-7-5-4-6-8-12/h4-8H,3,9-11H2,1-2H3,(H,14,16). The smallest absolute Gasteiger partial charge is 0.234 e. The zero-order valence-electron chi connectivity index (χ0n) is 10.5. The van der Waals surface area contributed by atoms with Crippen LogP contribution in [-0.2, 0) is 4.79 Å². The number of carbonyl (C=O) groups excluding carboxylic acids is 1. The molecule has 0 aliphatic rings. The molecule has 0 saturated heterocycles. The van der Waals surface area contributed by atoms with E-state index in [9.17, 15) is 4.79 Å². The van der Waals surface area contributed by atoms with E-state index < -0.39 is 0 Å². The van der Waals surface area contributed by atoms with Crippen molar-refractivity contribution in [3.05, 3.63) is 30.3 Å². The van der Waals surface area contributed by atoms with Crippen LogP contribution >= 0.6 is 0 Å². The number of nitrogens with one attached hydrogen (secondary N) is 1. The van der Waals surface area contributed by atoms with Crippen molar-refractivity contribution >= 4 is 5.91 Å². The van der Waals surface area contributed by atoms with Gasteiger partial charge in [-0.1, -0.05) is 18.2 Å². The highest BCUT2D eigenvalue weighted by Crippen LogP contribution is 2.07. The van der Waals surface area contributed by atoms with Gasteiger partial charge >= 0.3 is 0 Å². The summed E-state index contributed by atoms with van der Waals surface area (Å²) in [7, 11) is 1.91. The average Bonchev–Trinajstić information content (AvgIpc) is 2.30. The highest BCUT2D eigenvalue weighted by atomic mass is 16.5. The summed E-state index contributed by atoms with van der Waals surface area (Å²) in [4.78, 5) is 13.2. The lowest BCUT2D eigenvalue weighted by Gasteiger charge is -2.16. The lowest BCUT2D eigenvalue weighted by Crippen LogP contribution is -2.36. The first-order chi connectivity index (χ1) is 8.22. The van der Waals surface area contributed by atoms with E-state index in [2.05, 4.69) is 5.32 Å². The van der Waals surface area contributed by atoms with E-state index in [0.29, 0.717) is 19.7 Å². The van der Waals surface area contributed by atoms with Gasteiger partial charge in [-0.05, 0) is 26.1 Å². The first kappa shape index (κ1) is 13.5. The van der Waals surface area contributed by atoms with Gasteiger partial charge in [0.25, 0.3) is 0 Å². The Hall–Kier alpha value is -1.55. The Morgan fingerprint density at radius 2 is 2.06 bits per heavy atom. The fourth-order valence-corrected chi connectivity index (χ4v) is 1.41. The quantitative estimate of drug-likeness (QED) is 0.771. The fourth-order valence-electron chi connectivity index (χ4n) is 1.41. The number of hydrogen-bond donors (Lipinski definition) is 1. The Kier molecular flexibility index (Phi) is 6.10. The van der Waals surface area contributed by atoms with Crippen molar-refractivity contribution in [3.8, 4) is 5.75 Å². The molecule has 0 atom stereocenters. The van der Waals surface area contributed by atoms with Crippen LogP contribution in [0.25, 0.3) is 0 Å². The van der Waals surface area contributed by atoms with Crippen molar-refractivity contribution < 1.29 is 9.53 Å². The molecule has 1 rings (SSSR count). The van der Waals surface area contributed by atoms with Crippen molar-refractivity contribution in [2.45, 2.75) is 6.92 Å². The largest absolute Gasteiger partial charge is 0.492 e. The number of amides is 1. The first-order valence-corrected chi connectivity index (χ1v) is 5.85. The summed E-state index contributed by atoms with van der Waals surface area (Å²) >= 11 is 0. The highest BCUT2D eigenvalue weighted by Gasteiger charge is 2.04. The second-order valence-electron chi connectivity index (χ2n) is 3.85. The fraction of sp³-hybridized carbons (Fsp3) is 0.462. The van der Waals surface area contributed by atoms with Crippen molar-refractivity contribution in [2.75, 3.05) is 33.3 Å². The molecular weight excluding hydrogens is 216 g/mol. The Balaban J connectivity index is 2.16. The number of nitrogens with zero attached hydrogens (tertiary/aromatic N) is 1. The molecule has 0 fully saturated rings. The Labute approximate surface area is 103 Å². The second-order valence-corrected chi connectivity index (χ2v) is 3.85. The molecule has 0 unspecified atom stereocenters. The molecule has 1 aromatic rings. The predicted octanol–water partition coefficient (Wildman–Crippen LogP) is 1.13. The van der Waals surface area contributed by atoms with E-state index in [1.807, 2.05) is 49.2 Å². The maximum Gasteiger partial charge on any atom is 0.234 e. The molecular formula is C13H20N2O2. The van der Waals surface area contributed by atoms with Crippen molar-refractivity contribution in [3.63, 3.8) is 0 Å². The van der Waals surface area contributed by atoms with Gasteiger partial charge < -0.3 is 10.1 Å². The maximum absolute atomic E-state index is 11.3. The van der Waals surface area contributed by atoms with E-state index in [1.165, 1.54) is 0 Å². The van der Waals surface area contributed by atoms with E-state index in [4.69, 9.17) is 4.74 Å². The Morgan fingerprint density at radius 3 is 2.71 bits per heavy atom. The molecule has 1 N–H and O–H groups in total. The Morgan fingerprint density at radius 1 is 1.35 bits per heavy atom. The molecule has 0 heterocycles. The Bertz CT molecular complexity index is 327. The minimum absolute atomic E-state index is 0.0507. The molecule has 0 aliphatic heterocycles. The van der Waals surface area contributed by atoms with Gasteiger partial charge in [-0.25, -0.2) is 0 Å². The van der Waals surface area contributed by atoms with Crippen LogP contribution in [0.5, 0.6) is 5.75 Å². The van der Waals surface area contributed by atoms with Gasteiger partial charge in [-0.2, -0.15) is 0 Å². The molecule has 1 aromatic carbocycles. The van der Waals surface area contributed by atoms with Gasteiger partial charge in [0.2, 0.25) is 5.91 Å². The number of ether oxygens (including phenoxy) is 1. The molecule has 4 nitrogen and oxygen atoms in total. The topological polar surface area (TPSA) is 41.6 Å². The summed E-state index contributed by atoms with van der Waals surface area (Å²) in [6, 6.07) is 9.67. The monoisotopic (exact) mass is 236 g/mol. The normalized spacial score (nSPS) is 10.3. The third-order valence-electron chi connectivity index (χ3n) is 2.27. The van der Waals surface area contributed by atoms with Gasteiger partial charge in [-0.15, -0.1) is 0 Å². The number of rotatable bonds is 7. The summed E-state index contributed by atoms with van der Waals surface area (Å²) in [6.07, 6.45) is 0. The van der Waals surface area contributed by atoms with E-state index in [0.717, 1.165) is 12.3 Å². The molecule has 0 saturated carbocycles. The molecule has 0 aromatic heterocycles. The van der Waals surface area contributed by atoms with Gasteiger partial charge in [0, 0.05) is 13.1 Å². The third kappa shape index (κ3) is 5.92. The summed E-state index contributed by atoms with van der Waals surface area (Å²) in [5.74, 6) is 0.911. The summed E-state index contributed by atoms with van der Waals surface area (Å²) in [6.45, 7) is 4.31. The lowest BCUT2D eigenvalue weighted by molar-refractivity contribution is -0.121. The third-order valence-corrected chi connectivity index (χ3v) is 2.27. The summed E-state index contributed by atoms with van der Waals surface area (Å²) in [5, 5.41) is 2.76. The zero-order chi connectivity index (χ0) is 12.5. The lowest BCUT2D eigenvalue weighted by atomic mass is 10.3. The van der Waals surface area contributed by atoms with Gasteiger partial charge in [-0.3, -0.25) is 9.69 Å². The van der Waals surface area contributed by atoms with Crippen LogP contribution in [0.3, 0.4) is 0 Å². The van der Waals surface area contributed by atoms with Gasteiger partial charge in [0.1, 0.15) is 12.4 Å². The predicted molar refractivity (Wildman–Crippen MR) is 68.1 cm³/mol. The minimum atomic E-state index is 0.0507. The number of hydrogen-bond acceptors (Lipinski definition) is 3. The zero-order valence-corrected chi connectivity index (χ0v) is 10.5. The van der Waals surface area contributed by atoms with E-state index in [-0.39, 0.29) is 5.91 Å². The van der Waals surface area contributed by atoms with Gasteiger partial charge in [0.05, 0.1) is 6.54 Å². The van der Waals surface area contributed by atoms with Crippen LogP contribution in [0.2, 0.25) is 0 Å². The highest BCUT2D eigenvalue weighted by molar-refractivity contribution is 5.77. The van der Waals surface area contributed by atoms with Crippen molar-refractivity contribution in [2.24, 2.45) is 0 Å². The molecule has 0 aliphatic carbocycles. The van der Waals surface area contributed by atoms with E-state index >= 15 is 0 Å². The average molecular weight is 236 g/mol. The first-order valence-electron chi connectivity index (χ1n) is 5.85. The van der Waals surface area contributed by atoms with E-state index in [1.54, 1.807) is 0 Å². The van der Waals surface area contributed by atoms with Crippen LogP contribution in [0, 0.1) is 0 Å². The SMILES string of the molecule is CCNC(=O)CN(C)CCOc1ccccc1.